The topological polar surface area (TPSA) is 107 Å². The Morgan fingerprint density at radius 3 is 2.44 bits per heavy atom. The highest BCUT2D eigenvalue weighted by Crippen LogP contribution is 2.20. The number of anilines is 2. The molecule has 2 heterocycles. The maximum absolute atomic E-state index is 13.1. The largest absolute Gasteiger partial charge is 0.326 e. The number of rotatable bonds is 7. The van der Waals surface area contributed by atoms with E-state index in [0.717, 1.165) is 17.8 Å². The van der Waals surface area contributed by atoms with Gasteiger partial charge in [0.15, 0.2) is 5.16 Å². The normalized spacial score (nSPS) is 13.2. The summed E-state index contributed by atoms with van der Waals surface area (Å²) in [5.41, 5.74) is 3.40. The number of carbonyl (C=O) groups is 2. The van der Waals surface area contributed by atoms with Crippen molar-refractivity contribution < 1.29 is 14.0 Å². The number of H-pyrrole nitrogens is 1. The van der Waals surface area contributed by atoms with Crippen LogP contribution in [0.4, 0.5) is 15.8 Å². The highest BCUT2D eigenvalue weighted by atomic mass is 32.2. The number of nitrogens with one attached hydrogen (secondary N) is 3. The number of fused-ring (bicyclic) bond motifs is 1. The Morgan fingerprint density at radius 2 is 1.76 bits per heavy atom. The second kappa shape index (κ2) is 10.6. The van der Waals surface area contributed by atoms with E-state index in [2.05, 4.69) is 25.5 Å². The first-order valence-corrected chi connectivity index (χ1v) is 11.7. The van der Waals surface area contributed by atoms with Crippen molar-refractivity contribution in [3.8, 4) is 0 Å². The van der Waals surface area contributed by atoms with Crippen LogP contribution in [0.2, 0.25) is 0 Å². The summed E-state index contributed by atoms with van der Waals surface area (Å²) < 4.78 is 13.1. The highest BCUT2D eigenvalue weighted by molar-refractivity contribution is 7.99. The third-order valence-electron chi connectivity index (χ3n) is 5.27. The van der Waals surface area contributed by atoms with Crippen molar-refractivity contribution in [3.63, 3.8) is 0 Å². The third kappa shape index (κ3) is 6.30. The van der Waals surface area contributed by atoms with Crippen LogP contribution in [-0.2, 0) is 29.1 Å². The summed E-state index contributed by atoms with van der Waals surface area (Å²) in [6, 6.07) is 13.2. The number of hydrogen-bond acceptors (Lipinski definition) is 6. The maximum atomic E-state index is 13.1. The SMILES string of the molecule is CC(=O)Nc1ccc(NC(=O)CSc2nc3c(c(=O)[nH]2)CN(Cc2ccc(F)cc2)CC3)cc1. The fourth-order valence-corrected chi connectivity index (χ4v) is 4.36. The van der Waals surface area contributed by atoms with Gasteiger partial charge in [-0.3, -0.25) is 19.3 Å². The molecule has 1 aromatic heterocycles. The molecule has 0 fully saturated rings. The fraction of sp³-hybridized carbons (Fsp3) is 0.250. The lowest BCUT2D eigenvalue weighted by atomic mass is 10.1. The van der Waals surface area contributed by atoms with E-state index >= 15 is 0 Å². The van der Waals surface area contributed by atoms with E-state index in [-0.39, 0.29) is 28.9 Å². The van der Waals surface area contributed by atoms with Crippen molar-refractivity contribution in [1.29, 1.82) is 0 Å². The molecule has 1 aliphatic heterocycles. The maximum Gasteiger partial charge on any atom is 0.256 e. The van der Waals surface area contributed by atoms with E-state index in [1.54, 1.807) is 36.4 Å². The van der Waals surface area contributed by atoms with Crippen LogP contribution in [0.15, 0.2) is 58.5 Å². The second-order valence-electron chi connectivity index (χ2n) is 7.98. The van der Waals surface area contributed by atoms with Crippen LogP contribution in [-0.4, -0.2) is 39.0 Å². The van der Waals surface area contributed by atoms with Crippen LogP contribution in [0.5, 0.6) is 0 Å². The lowest BCUT2D eigenvalue weighted by molar-refractivity contribution is -0.114. The minimum absolute atomic E-state index is 0.0892. The molecule has 176 valence electrons. The predicted octanol–water partition coefficient (Wildman–Crippen LogP) is 3.16. The second-order valence-corrected chi connectivity index (χ2v) is 8.94. The van der Waals surface area contributed by atoms with Crippen LogP contribution < -0.4 is 16.2 Å². The van der Waals surface area contributed by atoms with Crippen molar-refractivity contribution in [2.75, 3.05) is 22.9 Å². The number of carbonyl (C=O) groups excluding carboxylic acids is 2. The Labute approximate surface area is 200 Å². The number of amides is 2. The zero-order valence-electron chi connectivity index (χ0n) is 18.6. The zero-order chi connectivity index (χ0) is 24.1. The molecule has 0 spiro atoms. The molecule has 1 aliphatic rings. The number of aromatic nitrogens is 2. The number of halogens is 1. The molecule has 0 atom stereocenters. The number of benzene rings is 2. The molecule has 0 bridgehead atoms. The van der Waals surface area contributed by atoms with Crippen LogP contribution in [0.3, 0.4) is 0 Å². The first-order chi connectivity index (χ1) is 16.4. The molecule has 3 N–H and O–H groups in total. The van der Waals surface area contributed by atoms with E-state index in [1.807, 2.05) is 0 Å². The number of thioether (sulfide) groups is 1. The van der Waals surface area contributed by atoms with Crippen molar-refractivity contribution in [3.05, 3.63) is 81.5 Å². The van der Waals surface area contributed by atoms with Crippen LogP contribution in [0.25, 0.3) is 0 Å². The molecule has 2 aromatic carbocycles. The van der Waals surface area contributed by atoms with E-state index in [0.29, 0.717) is 41.6 Å². The first-order valence-electron chi connectivity index (χ1n) is 10.7. The van der Waals surface area contributed by atoms with Gasteiger partial charge in [-0.2, -0.15) is 0 Å². The standard InChI is InChI=1S/C24H24FN5O3S/c1-15(31)26-18-6-8-19(9-7-18)27-22(32)14-34-24-28-21-10-11-30(13-20(21)23(33)29-24)12-16-2-4-17(25)5-3-16/h2-9H,10-14H2,1H3,(H,26,31)(H,27,32)(H,28,29,33). The van der Waals surface area contributed by atoms with Gasteiger partial charge >= 0.3 is 0 Å². The lowest BCUT2D eigenvalue weighted by Crippen LogP contribution is -2.35. The Balaban J connectivity index is 1.32. The van der Waals surface area contributed by atoms with Gasteiger partial charge in [-0.25, -0.2) is 9.37 Å². The van der Waals surface area contributed by atoms with Crippen LogP contribution in [0.1, 0.15) is 23.7 Å². The molecule has 10 heteroatoms. The molecule has 2 amide bonds. The third-order valence-corrected chi connectivity index (χ3v) is 6.15. The summed E-state index contributed by atoms with van der Waals surface area (Å²) in [6.45, 7) is 3.26. The molecule has 0 aliphatic carbocycles. The molecule has 0 radical (unpaired) electrons. The predicted molar refractivity (Wildman–Crippen MR) is 129 cm³/mol. The van der Waals surface area contributed by atoms with E-state index in [9.17, 15) is 18.8 Å². The van der Waals surface area contributed by atoms with E-state index < -0.39 is 0 Å². The average molecular weight is 482 g/mol. The molecule has 4 rings (SSSR count). The van der Waals surface area contributed by atoms with Gasteiger partial charge < -0.3 is 15.6 Å². The monoisotopic (exact) mass is 481 g/mol. The van der Waals surface area contributed by atoms with Gasteiger partial charge in [0.2, 0.25) is 11.8 Å². The van der Waals surface area contributed by atoms with Crippen molar-refractivity contribution in [2.45, 2.75) is 31.6 Å². The summed E-state index contributed by atoms with van der Waals surface area (Å²) in [7, 11) is 0. The lowest BCUT2D eigenvalue weighted by Gasteiger charge is -2.27. The van der Waals surface area contributed by atoms with Gasteiger partial charge in [0.25, 0.3) is 5.56 Å². The van der Waals surface area contributed by atoms with Crippen molar-refractivity contribution in [2.24, 2.45) is 0 Å². The fourth-order valence-electron chi connectivity index (χ4n) is 3.68. The van der Waals surface area contributed by atoms with Gasteiger partial charge in [-0.05, 0) is 42.0 Å². The quantitative estimate of drug-likeness (QED) is 0.354. The minimum atomic E-state index is -0.271. The summed E-state index contributed by atoms with van der Waals surface area (Å²) in [6.07, 6.45) is 0.626. The van der Waals surface area contributed by atoms with Crippen molar-refractivity contribution in [1.82, 2.24) is 14.9 Å². The average Bonchev–Trinajstić information content (AvgIpc) is 2.81. The summed E-state index contributed by atoms with van der Waals surface area (Å²) >= 11 is 1.17. The molecule has 3 aromatic rings. The Bertz CT molecular complexity index is 1240. The number of aromatic amines is 1. The van der Waals surface area contributed by atoms with Gasteiger partial charge in [0.05, 0.1) is 17.0 Å². The Hall–Kier alpha value is -3.50. The first kappa shape index (κ1) is 23.7. The molecular weight excluding hydrogens is 457 g/mol. The minimum Gasteiger partial charge on any atom is -0.326 e. The van der Waals surface area contributed by atoms with Gasteiger partial charge in [-0.1, -0.05) is 23.9 Å². The molecule has 8 nitrogen and oxygen atoms in total. The summed E-state index contributed by atoms with van der Waals surface area (Å²) in [5, 5.41) is 5.85. The zero-order valence-corrected chi connectivity index (χ0v) is 19.4. The van der Waals surface area contributed by atoms with Crippen molar-refractivity contribution >= 4 is 35.0 Å². The van der Waals surface area contributed by atoms with Gasteiger partial charge in [-0.15, -0.1) is 0 Å². The van der Waals surface area contributed by atoms with Gasteiger partial charge in [0, 0.05) is 44.4 Å². The molecular formula is C24H24FN5O3S. The molecule has 34 heavy (non-hydrogen) atoms. The Morgan fingerprint density at radius 1 is 1.09 bits per heavy atom. The molecule has 0 saturated carbocycles. The van der Waals surface area contributed by atoms with E-state index in [1.165, 1.54) is 30.8 Å². The summed E-state index contributed by atoms with van der Waals surface area (Å²) in [5.74, 6) is -0.582. The van der Waals surface area contributed by atoms with Crippen LogP contribution in [0, 0.1) is 5.82 Å². The molecule has 0 unspecified atom stereocenters. The Kier molecular flexibility index (Phi) is 7.39. The van der Waals surface area contributed by atoms with Crippen LogP contribution >= 0.6 is 11.8 Å². The number of nitrogens with zero attached hydrogens (tertiary/aromatic N) is 2. The number of hydrogen-bond donors (Lipinski definition) is 3. The smallest absolute Gasteiger partial charge is 0.256 e. The van der Waals surface area contributed by atoms with E-state index in [4.69, 9.17) is 0 Å². The highest BCUT2D eigenvalue weighted by Gasteiger charge is 2.21. The van der Waals surface area contributed by atoms with Gasteiger partial charge in [0.1, 0.15) is 5.82 Å². The molecule has 0 saturated heterocycles. The summed E-state index contributed by atoms with van der Waals surface area (Å²) in [4.78, 5) is 45.5.